The van der Waals surface area contributed by atoms with Crippen molar-refractivity contribution in [1.82, 2.24) is 10.5 Å². The smallest absolute Gasteiger partial charge is 0.283 e. The fourth-order valence-corrected chi connectivity index (χ4v) is 0.735. The van der Waals surface area contributed by atoms with Crippen molar-refractivity contribution in [3.8, 4) is 0 Å². The van der Waals surface area contributed by atoms with Gasteiger partial charge in [0, 0.05) is 4.11 Å². The van der Waals surface area contributed by atoms with Crippen molar-refractivity contribution in [1.29, 1.82) is 0 Å². The zero-order valence-electron chi connectivity index (χ0n) is 9.89. The van der Waals surface area contributed by atoms with E-state index in [0.29, 0.717) is 0 Å². The molecule has 4 heteroatoms. The van der Waals surface area contributed by atoms with E-state index in [1.165, 1.54) is 0 Å². The summed E-state index contributed by atoms with van der Waals surface area (Å²) in [6.45, 7) is -4.61. The summed E-state index contributed by atoms with van der Waals surface area (Å²) in [6.07, 6.45) is -1.51. The van der Waals surface area contributed by atoms with Crippen LogP contribution in [0.4, 0.5) is 0 Å². The Morgan fingerprint density at radius 3 is 3.50 bits per heavy atom. The predicted molar refractivity (Wildman–Crippen MR) is 34.7 cm³/mol. The van der Waals surface area contributed by atoms with Gasteiger partial charge in [0.2, 0.25) is 0 Å². The molecule has 1 aliphatic rings. The largest absolute Gasteiger partial charge is 0.382 e. The molecular weight excluding hydrogens is 132 g/mol. The number of aromatic nitrogens is 1. The van der Waals surface area contributed by atoms with E-state index in [-0.39, 0.29) is 11.3 Å². The average molecular weight is 145 g/mol. The minimum atomic E-state index is -2.31. The monoisotopic (exact) mass is 145 g/mol. The molecule has 1 aliphatic heterocycles. The van der Waals surface area contributed by atoms with Crippen LogP contribution in [0.15, 0.2) is 9.32 Å². The summed E-state index contributed by atoms with van der Waals surface area (Å²) in [6, 6.07) is 0. The Labute approximate surface area is 64.2 Å². The van der Waals surface area contributed by atoms with Crippen LogP contribution in [0.5, 0.6) is 0 Å². The molecule has 1 aromatic heterocycles. The molecule has 2 N–H and O–H groups in total. The highest BCUT2D eigenvalue weighted by Gasteiger charge is 2.15. The lowest BCUT2D eigenvalue weighted by Crippen LogP contribution is -2.25. The molecule has 54 valence electrons. The van der Waals surface area contributed by atoms with Gasteiger partial charge < -0.3 is 9.84 Å². The van der Waals surface area contributed by atoms with Gasteiger partial charge in [0.05, 0.1) is 14.8 Å². The van der Waals surface area contributed by atoms with Crippen molar-refractivity contribution < 1.29 is 11.4 Å². The van der Waals surface area contributed by atoms with Gasteiger partial charge in [-0.3, -0.25) is 4.79 Å². The lowest BCUT2D eigenvalue weighted by atomic mass is 10.1. The van der Waals surface area contributed by atoms with Gasteiger partial charge in [-0.1, -0.05) is 0 Å². The van der Waals surface area contributed by atoms with Crippen molar-refractivity contribution in [3.05, 3.63) is 21.7 Å². The van der Waals surface area contributed by atoms with E-state index in [2.05, 4.69) is 4.52 Å². The third kappa shape index (κ3) is 0.690. The van der Waals surface area contributed by atoms with Gasteiger partial charge in [0.15, 0.2) is 5.76 Å². The first kappa shape index (κ1) is 2.54. The van der Waals surface area contributed by atoms with Crippen LogP contribution in [0.3, 0.4) is 0 Å². The van der Waals surface area contributed by atoms with Gasteiger partial charge in [0.25, 0.3) is 5.56 Å². The molecule has 1 atom stereocenters. The van der Waals surface area contributed by atoms with Crippen molar-refractivity contribution in [2.75, 3.05) is 6.50 Å². The third-order valence-electron chi connectivity index (χ3n) is 1.20. The van der Waals surface area contributed by atoms with Gasteiger partial charge in [-0.25, -0.2) is 0 Å². The molecule has 0 saturated carbocycles. The highest BCUT2D eigenvalue weighted by molar-refractivity contribution is 5.16. The van der Waals surface area contributed by atoms with Gasteiger partial charge in [-0.15, -0.1) is 0 Å². The van der Waals surface area contributed by atoms with E-state index in [1.54, 1.807) is 0 Å². The maximum absolute atomic E-state index is 11.2. The highest BCUT2D eigenvalue weighted by Crippen LogP contribution is 2.06. The standard InChI is InChI=1S/C6H8N2O2/c9-6-4-1-2-7-3-5(4)10-8-6/h7H,1-3H2,(H,8,9)/i1D,2D2,3D2. The first-order valence-electron chi connectivity index (χ1n) is 5.27. The number of aromatic amines is 1. The summed E-state index contributed by atoms with van der Waals surface area (Å²) in [5.41, 5.74) is -1.07. The lowest BCUT2D eigenvalue weighted by Gasteiger charge is -2.07. The van der Waals surface area contributed by atoms with Crippen LogP contribution in [0, 0.1) is 0 Å². The van der Waals surface area contributed by atoms with E-state index < -0.39 is 24.9 Å². The third-order valence-corrected chi connectivity index (χ3v) is 1.20. The Morgan fingerprint density at radius 2 is 2.60 bits per heavy atom. The zero-order valence-corrected chi connectivity index (χ0v) is 4.89. The molecule has 10 heavy (non-hydrogen) atoms. The lowest BCUT2D eigenvalue weighted by molar-refractivity contribution is 0.362. The first-order chi connectivity index (χ1) is 6.76. The second-order valence-corrected chi connectivity index (χ2v) is 1.81. The van der Waals surface area contributed by atoms with E-state index in [9.17, 15) is 4.79 Å². The first-order valence-corrected chi connectivity index (χ1v) is 2.69. The maximum atomic E-state index is 11.2. The molecule has 2 rings (SSSR count). The van der Waals surface area contributed by atoms with Gasteiger partial charge >= 0.3 is 0 Å². The summed E-state index contributed by atoms with van der Waals surface area (Å²) < 4.78 is 41.8. The van der Waals surface area contributed by atoms with Crippen molar-refractivity contribution in [2.24, 2.45) is 0 Å². The predicted octanol–water partition coefficient (Wildman–Crippen LogP) is -0.386. The minimum Gasteiger partial charge on any atom is -0.382 e. The zero-order chi connectivity index (χ0) is 11.4. The van der Waals surface area contributed by atoms with Crippen LogP contribution in [-0.2, 0) is 12.9 Å². The van der Waals surface area contributed by atoms with Gasteiger partial charge in [-0.05, 0) is 12.9 Å². The van der Waals surface area contributed by atoms with Crippen LogP contribution in [0.25, 0.3) is 0 Å². The maximum Gasteiger partial charge on any atom is 0.283 e. The van der Waals surface area contributed by atoms with Crippen LogP contribution < -0.4 is 10.9 Å². The molecule has 1 aromatic rings. The minimum absolute atomic E-state index is 0.302. The van der Waals surface area contributed by atoms with Gasteiger partial charge in [0.1, 0.15) is 0 Å². The van der Waals surface area contributed by atoms with Crippen LogP contribution in [0.2, 0.25) is 0 Å². The summed E-state index contributed by atoms with van der Waals surface area (Å²) in [4.78, 5) is 11.2. The summed E-state index contributed by atoms with van der Waals surface area (Å²) in [5.74, 6) is -0.359. The highest BCUT2D eigenvalue weighted by atomic mass is 16.5. The summed E-state index contributed by atoms with van der Waals surface area (Å²) in [7, 11) is 0. The average Bonchev–Trinajstić information content (AvgIpc) is 2.42. The fraction of sp³-hybridized carbons (Fsp3) is 0.500. The number of nitrogens with one attached hydrogen (secondary N) is 2. The second-order valence-electron chi connectivity index (χ2n) is 1.81. The van der Waals surface area contributed by atoms with Gasteiger partial charge in [-0.2, -0.15) is 5.16 Å². The Morgan fingerprint density at radius 1 is 1.70 bits per heavy atom. The molecule has 0 aromatic carbocycles. The number of hydrogen-bond donors (Lipinski definition) is 2. The van der Waals surface area contributed by atoms with E-state index in [0.717, 1.165) is 0 Å². The second kappa shape index (κ2) is 1.98. The molecule has 0 aliphatic carbocycles. The van der Waals surface area contributed by atoms with E-state index >= 15 is 0 Å². The molecule has 0 spiro atoms. The Hall–Kier alpha value is -1.03. The molecule has 0 saturated heterocycles. The van der Waals surface area contributed by atoms with Crippen LogP contribution >= 0.6 is 0 Å². The van der Waals surface area contributed by atoms with E-state index in [1.807, 2.05) is 10.5 Å². The molecule has 1 unspecified atom stereocenters. The SMILES string of the molecule is [2H]C1c2c(o[nH]c2=O)C([2H])([2H])NC1([2H])[2H]. The van der Waals surface area contributed by atoms with Crippen LogP contribution in [0.1, 0.15) is 18.2 Å². The molecule has 4 nitrogen and oxygen atoms in total. The summed E-state index contributed by atoms with van der Waals surface area (Å²) >= 11 is 0. The molecular formula is C6H8N2O2. The molecule has 2 heterocycles. The van der Waals surface area contributed by atoms with Crippen molar-refractivity contribution in [3.63, 3.8) is 0 Å². The fourth-order valence-electron chi connectivity index (χ4n) is 0.735. The van der Waals surface area contributed by atoms with E-state index in [4.69, 9.17) is 6.85 Å². The molecule has 0 bridgehead atoms. The quantitative estimate of drug-likeness (QED) is 0.523. The molecule has 0 fully saturated rings. The number of hydrogen-bond acceptors (Lipinski definition) is 3. The topological polar surface area (TPSA) is 58.0 Å². The normalized spacial score (nSPS) is 41.6. The number of H-pyrrole nitrogens is 1. The number of fused-ring (bicyclic) bond motifs is 1. The Kier molecular flexibility index (Phi) is 0.504. The Balaban J connectivity index is 2.68. The van der Waals surface area contributed by atoms with Crippen LogP contribution in [-0.4, -0.2) is 11.7 Å². The van der Waals surface area contributed by atoms with Crippen molar-refractivity contribution in [2.45, 2.75) is 12.9 Å². The molecule has 0 radical (unpaired) electrons. The molecule has 0 amide bonds. The number of rotatable bonds is 0. The van der Waals surface area contributed by atoms with Crippen molar-refractivity contribution >= 4 is 0 Å². The Bertz CT molecular complexity index is 451. The summed E-state index contributed by atoms with van der Waals surface area (Å²) in [5, 5.41) is 3.88.